The van der Waals surface area contributed by atoms with Crippen LogP contribution in [0.5, 0.6) is 11.5 Å². The molecule has 0 aliphatic carbocycles. The Balaban J connectivity index is 1.50. The molecule has 4 aromatic rings. The Morgan fingerprint density at radius 3 is 2.48 bits per heavy atom. The Kier molecular flexibility index (Phi) is 3.73. The van der Waals surface area contributed by atoms with Gasteiger partial charge < -0.3 is 15.0 Å². The number of imidazole rings is 1. The summed E-state index contributed by atoms with van der Waals surface area (Å²) in [4.78, 5) is 11.6. The van der Waals surface area contributed by atoms with Gasteiger partial charge in [-0.2, -0.15) is 5.26 Å². The largest absolute Gasteiger partial charge is 0.457 e. The van der Waals surface area contributed by atoms with Crippen molar-refractivity contribution >= 4 is 22.7 Å². The predicted octanol–water partition coefficient (Wildman–Crippen LogP) is 4.37. The van der Waals surface area contributed by atoms with Gasteiger partial charge in [-0.15, -0.1) is 0 Å². The Morgan fingerprint density at radius 2 is 1.72 bits per heavy atom. The van der Waals surface area contributed by atoms with Crippen molar-refractivity contribution in [1.82, 2.24) is 15.0 Å². The lowest BCUT2D eigenvalue weighted by molar-refractivity contribution is 0.482. The summed E-state index contributed by atoms with van der Waals surface area (Å²) >= 11 is 0. The summed E-state index contributed by atoms with van der Waals surface area (Å²) in [7, 11) is 0. The molecule has 6 heteroatoms. The molecule has 0 atom stereocenters. The molecule has 25 heavy (non-hydrogen) atoms. The van der Waals surface area contributed by atoms with Crippen LogP contribution >= 0.6 is 0 Å². The summed E-state index contributed by atoms with van der Waals surface area (Å²) in [5, 5.41) is 12.2. The Hall–Kier alpha value is -3.85. The molecule has 2 aromatic carbocycles. The second-order valence-electron chi connectivity index (χ2n) is 5.36. The Morgan fingerprint density at radius 1 is 0.960 bits per heavy atom. The Labute approximate surface area is 143 Å². The zero-order valence-corrected chi connectivity index (χ0v) is 13.1. The monoisotopic (exact) mass is 327 g/mol. The molecule has 0 aliphatic rings. The van der Waals surface area contributed by atoms with Gasteiger partial charge in [0.2, 0.25) is 5.95 Å². The van der Waals surface area contributed by atoms with Crippen molar-refractivity contribution in [3.63, 3.8) is 0 Å². The van der Waals surface area contributed by atoms with Crippen LogP contribution in [0.4, 0.5) is 11.6 Å². The fourth-order valence-corrected chi connectivity index (χ4v) is 2.42. The van der Waals surface area contributed by atoms with Crippen LogP contribution in [0.3, 0.4) is 0 Å². The maximum atomic E-state index is 8.96. The maximum absolute atomic E-state index is 8.96. The molecular weight excluding hydrogens is 314 g/mol. The Bertz CT molecular complexity index is 1050. The molecular formula is C19H13N5O. The van der Waals surface area contributed by atoms with Gasteiger partial charge in [-0.1, -0.05) is 0 Å². The van der Waals surface area contributed by atoms with Crippen LogP contribution in [0.25, 0.3) is 11.0 Å². The zero-order chi connectivity index (χ0) is 17.1. The van der Waals surface area contributed by atoms with Crippen LogP contribution in [0, 0.1) is 11.3 Å². The van der Waals surface area contributed by atoms with Crippen LogP contribution in [0.1, 0.15) is 5.56 Å². The molecule has 0 fully saturated rings. The van der Waals surface area contributed by atoms with E-state index in [-0.39, 0.29) is 0 Å². The van der Waals surface area contributed by atoms with Gasteiger partial charge in [0, 0.05) is 18.1 Å². The van der Waals surface area contributed by atoms with Crippen molar-refractivity contribution in [1.29, 1.82) is 5.26 Å². The summed E-state index contributed by atoms with van der Waals surface area (Å²) in [5.41, 5.74) is 3.10. The fourth-order valence-electron chi connectivity index (χ4n) is 2.42. The van der Waals surface area contributed by atoms with E-state index in [1.54, 1.807) is 36.7 Å². The number of ether oxygens (including phenoxy) is 1. The van der Waals surface area contributed by atoms with Crippen molar-refractivity contribution in [2.45, 2.75) is 0 Å². The summed E-state index contributed by atoms with van der Waals surface area (Å²) in [6.45, 7) is 0. The lowest BCUT2D eigenvalue weighted by Gasteiger charge is -2.07. The van der Waals surface area contributed by atoms with Gasteiger partial charge in [-0.05, 0) is 54.6 Å². The molecule has 0 unspecified atom stereocenters. The molecule has 0 saturated carbocycles. The first-order chi connectivity index (χ1) is 12.3. The first-order valence-corrected chi connectivity index (χ1v) is 7.65. The molecule has 0 saturated heterocycles. The number of pyridine rings is 1. The highest BCUT2D eigenvalue weighted by molar-refractivity contribution is 5.79. The highest BCUT2D eigenvalue weighted by Gasteiger charge is 2.04. The van der Waals surface area contributed by atoms with Crippen molar-refractivity contribution in [2.75, 3.05) is 5.32 Å². The van der Waals surface area contributed by atoms with Crippen LogP contribution in [-0.4, -0.2) is 15.0 Å². The quantitative estimate of drug-likeness (QED) is 0.581. The normalized spacial score (nSPS) is 10.4. The molecule has 0 aliphatic heterocycles. The summed E-state index contributed by atoms with van der Waals surface area (Å²) in [6, 6.07) is 18.6. The molecule has 4 rings (SSSR count). The number of hydrogen-bond donors (Lipinski definition) is 2. The molecule has 2 N–H and O–H groups in total. The summed E-state index contributed by atoms with van der Waals surface area (Å²) < 4.78 is 5.74. The minimum absolute atomic E-state index is 0.598. The van der Waals surface area contributed by atoms with E-state index in [9.17, 15) is 0 Å². The van der Waals surface area contributed by atoms with Crippen LogP contribution < -0.4 is 10.1 Å². The number of hydrogen-bond acceptors (Lipinski definition) is 5. The second-order valence-corrected chi connectivity index (χ2v) is 5.36. The van der Waals surface area contributed by atoms with Crippen molar-refractivity contribution < 1.29 is 4.74 Å². The van der Waals surface area contributed by atoms with Crippen LogP contribution in [0.15, 0.2) is 67.0 Å². The molecule has 2 aromatic heterocycles. The molecule has 0 radical (unpaired) electrons. The number of rotatable bonds is 4. The first-order valence-electron chi connectivity index (χ1n) is 7.65. The maximum Gasteiger partial charge on any atom is 0.205 e. The third kappa shape index (κ3) is 3.26. The summed E-state index contributed by atoms with van der Waals surface area (Å²) in [5.74, 6) is 2.09. The zero-order valence-electron chi connectivity index (χ0n) is 13.1. The van der Waals surface area contributed by atoms with Crippen molar-refractivity contribution in [3.05, 3.63) is 72.6 Å². The summed E-state index contributed by atoms with van der Waals surface area (Å²) in [6.07, 6.45) is 3.37. The van der Waals surface area contributed by atoms with Crippen LogP contribution in [-0.2, 0) is 0 Å². The predicted molar refractivity (Wildman–Crippen MR) is 94.8 cm³/mol. The minimum atomic E-state index is 0.598. The highest BCUT2D eigenvalue weighted by atomic mass is 16.5. The topological polar surface area (TPSA) is 86.6 Å². The van der Waals surface area contributed by atoms with Gasteiger partial charge in [0.25, 0.3) is 0 Å². The molecule has 2 heterocycles. The SMILES string of the molecule is N#Cc1ccc2nc(Nc3ccc(Oc4ccncc4)cc3)[nH]c2c1. The third-order valence-corrected chi connectivity index (χ3v) is 3.61. The second kappa shape index (κ2) is 6.34. The molecule has 0 amide bonds. The van der Waals surface area contributed by atoms with Crippen molar-refractivity contribution in [3.8, 4) is 17.6 Å². The average Bonchev–Trinajstić information content (AvgIpc) is 3.05. The number of nitrogens with one attached hydrogen (secondary N) is 2. The van der Waals surface area contributed by atoms with Gasteiger partial charge in [-0.3, -0.25) is 4.98 Å². The average molecular weight is 327 g/mol. The number of anilines is 2. The number of aromatic amines is 1. The van der Waals surface area contributed by atoms with E-state index in [2.05, 4.69) is 26.3 Å². The van der Waals surface area contributed by atoms with Crippen molar-refractivity contribution in [2.24, 2.45) is 0 Å². The first kappa shape index (κ1) is 14.7. The van der Waals surface area contributed by atoms with Crippen LogP contribution in [0.2, 0.25) is 0 Å². The van der Waals surface area contributed by atoms with E-state index in [1.165, 1.54) is 0 Å². The molecule has 120 valence electrons. The van der Waals surface area contributed by atoms with E-state index < -0.39 is 0 Å². The van der Waals surface area contributed by atoms with Gasteiger partial charge in [0.1, 0.15) is 11.5 Å². The van der Waals surface area contributed by atoms with Gasteiger partial charge in [-0.25, -0.2) is 4.98 Å². The number of fused-ring (bicyclic) bond motifs is 1. The standard InChI is InChI=1S/C19H13N5O/c20-12-13-1-6-17-18(11-13)24-19(23-17)22-14-2-4-15(5-3-14)25-16-7-9-21-10-8-16/h1-11H,(H2,22,23,24). The molecule has 0 bridgehead atoms. The lowest BCUT2D eigenvalue weighted by Crippen LogP contribution is -1.92. The number of benzene rings is 2. The number of nitrogens with zero attached hydrogens (tertiary/aromatic N) is 3. The van der Waals surface area contributed by atoms with Gasteiger partial charge in [0.15, 0.2) is 0 Å². The van der Waals surface area contributed by atoms with E-state index in [1.807, 2.05) is 30.3 Å². The van der Waals surface area contributed by atoms with E-state index in [0.717, 1.165) is 28.2 Å². The van der Waals surface area contributed by atoms with Gasteiger partial charge in [0.05, 0.1) is 22.7 Å². The van der Waals surface area contributed by atoms with Gasteiger partial charge >= 0.3 is 0 Å². The van der Waals surface area contributed by atoms with E-state index in [4.69, 9.17) is 10.00 Å². The lowest BCUT2D eigenvalue weighted by atomic mass is 10.2. The number of aromatic nitrogens is 3. The number of nitriles is 1. The third-order valence-electron chi connectivity index (χ3n) is 3.61. The fraction of sp³-hybridized carbons (Fsp3) is 0. The smallest absolute Gasteiger partial charge is 0.205 e. The molecule has 6 nitrogen and oxygen atoms in total. The van der Waals surface area contributed by atoms with E-state index in [0.29, 0.717) is 11.5 Å². The highest BCUT2D eigenvalue weighted by Crippen LogP contribution is 2.24. The van der Waals surface area contributed by atoms with E-state index >= 15 is 0 Å². The molecule has 0 spiro atoms. The number of H-pyrrole nitrogens is 1. The minimum Gasteiger partial charge on any atom is -0.457 e.